The summed E-state index contributed by atoms with van der Waals surface area (Å²) in [6.07, 6.45) is 0.402. The van der Waals surface area contributed by atoms with Crippen LogP contribution in [-0.2, 0) is 9.59 Å². The van der Waals surface area contributed by atoms with Gasteiger partial charge in [-0.15, -0.1) is 0 Å². The molecule has 0 saturated carbocycles. The predicted molar refractivity (Wildman–Crippen MR) is 113 cm³/mol. The number of aromatic nitrogens is 2. The molecule has 0 unspecified atom stereocenters. The number of halogens is 1. The third kappa shape index (κ3) is 4.25. The van der Waals surface area contributed by atoms with E-state index in [0.29, 0.717) is 28.6 Å². The SMILES string of the molecule is Cc1ccc(NC(=O)CN2N=C(c3nc(-c4ccc5c(c4)OCO5)no3)CCC2=O)c(F)c1. The highest BCUT2D eigenvalue weighted by Crippen LogP contribution is 2.35. The van der Waals surface area contributed by atoms with Crippen LogP contribution in [0, 0.1) is 12.7 Å². The molecule has 0 fully saturated rings. The standard InChI is InChI=1S/C22H18FN5O5/c1-12-2-4-15(14(23)8-12)24-19(29)10-28-20(30)7-5-16(26-28)22-25-21(27-33-22)13-3-6-17-18(9-13)32-11-31-17/h2-4,6,8-9H,5,7,10-11H2,1H3,(H,24,29). The lowest BCUT2D eigenvalue weighted by Crippen LogP contribution is -2.38. The Bertz CT molecular complexity index is 1290. The summed E-state index contributed by atoms with van der Waals surface area (Å²) in [5.41, 5.74) is 1.80. The second kappa shape index (κ2) is 8.34. The molecule has 33 heavy (non-hydrogen) atoms. The number of benzene rings is 2. The fourth-order valence-electron chi connectivity index (χ4n) is 3.42. The van der Waals surface area contributed by atoms with E-state index < -0.39 is 11.7 Å². The first kappa shape index (κ1) is 20.6. The first-order valence-electron chi connectivity index (χ1n) is 10.1. The zero-order valence-electron chi connectivity index (χ0n) is 17.5. The number of carbonyl (C=O) groups excluding carboxylic acids is 2. The van der Waals surface area contributed by atoms with Crippen molar-refractivity contribution >= 4 is 23.2 Å². The van der Waals surface area contributed by atoms with Crippen LogP contribution in [0.25, 0.3) is 11.4 Å². The van der Waals surface area contributed by atoms with Crippen molar-refractivity contribution in [1.29, 1.82) is 0 Å². The molecular formula is C22H18FN5O5. The van der Waals surface area contributed by atoms with Gasteiger partial charge in [-0.25, -0.2) is 9.40 Å². The Morgan fingerprint density at radius 3 is 2.85 bits per heavy atom. The Morgan fingerprint density at radius 1 is 1.15 bits per heavy atom. The van der Waals surface area contributed by atoms with Crippen molar-refractivity contribution in [3.63, 3.8) is 0 Å². The molecule has 0 saturated heterocycles. The molecule has 2 aliphatic heterocycles. The van der Waals surface area contributed by atoms with E-state index in [1.807, 2.05) is 0 Å². The molecule has 11 heteroatoms. The molecule has 2 aromatic carbocycles. The summed E-state index contributed by atoms with van der Waals surface area (Å²) >= 11 is 0. The van der Waals surface area contributed by atoms with Gasteiger partial charge in [0.05, 0.1) is 5.69 Å². The topological polar surface area (TPSA) is 119 Å². The van der Waals surface area contributed by atoms with Gasteiger partial charge in [0.1, 0.15) is 18.1 Å². The molecular weight excluding hydrogens is 433 g/mol. The summed E-state index contributed by atoms with van der Waals surface area (Å²) < 4.78 is 30.0. The van der Waals surface area contributed by atoms with E-state index in [9.17, 15) is 14.0 Å². The number of anilines is 1. The van der Waals surface area contributed by atoms with E-state index in [-0.39, 0.29) is 43.7 Å². The van der Waals surface area contributed by atoms with Gasteiger partial charge in [-0.1, -0.05) is 11.2 Å². The number of hydrogen-bond donors (Lipinski definition) is 1. The summed E-state index contributed by atoms with van der Waals surface area (Å²) in [5, 5.41) is 11.7. The third-order valence-corrected chi connectivity index (χ3v) is 5.10. The number of nitrogens with zero attached hydrogens (tertiary/aromatic N) is 4. The normalized spacial score (nSPS) is 14.9. The minimum atomic E-state index is -0.581. The van der Waals surface area contributed by atoms with Crippen LogP contribution in [0.5, 0.6) is 11.5 Å². The van der Waals surface area contributed by atoms with Gasteiger partial charge in [0, 0.05) is 18.4 Å². The lowest BCUT2D eigenvalue weighted by molar-refractivity contribution is -0.135. The number of ether oxygens (including phenoxy) is 2. The first-order valence-corrected chi connectivity index (χ1v) is 10.1. The molecule has 0 atom stereocenters. The summed E-state index contributed by atoms with van der Waals surface area (Å²) in [5.74, 6) is 0.210. The molecule has 5 rings (SSSR count). The average molecular weight is 451 g/mol. The molecule has 3 heterocycles. The largest absolute Gasteiger partial charge is 0.454 e. The average Bonchev–Trinajstić information content (AvgIpc) is 3.46. The zero-order chi connectivity index (χ0) is 22.9. The third-order valence-electron chi connectivity index (χ3n) is 5.10. The highest BCUT2D eigenvalue weighted by atomic mass is 19.1. The maximum absolute atomic E-state index is 14.0. The van der Waals surface area contributed by atoms with Crippen molar-refractivity contribution in [2.45, 2.75) is 19.8 Å². The fourth-order valence-corrected chi connectivity index (χ4v) is 3.42. The predicted octanol–water partition coefficient (Wildman–Crippen LogP) is 2.88. The molecule has 2 amide bonds. The fraction of sp³-hybridized carbons (Fsp3) is 0.227. The number of fused-ring (bicyclic) bond motifs is 1. The molecule has 1 aromatic heterocycles. The van der Waals surface area contributed by atoms with Gasteiger partial charge in [-0.05, 0) is 42.8 Å². The Hall–Kier alpha value is -4.28. The molecule has 0 aliphatic carbocycles. The summed E-state index contributed by atoms with van der Waals surface area (Å²) in [4.78, 5) is 29.0. The molecule has 0 bridgehead atoms. The van der Waals surface area contributed by atoms with Crippen molar-refractivity contribution < 1.29 is 28.0 Å². The summed E-state index contributed by atoms with van der Waals surface area (Å²) in [6, 6.07) is 9.71. The van der Waals surface area contributed by atoms with Crippen molar-refractivity contribution in [3.05, 3.63) is 53.7 Å². The molecule has 0 radical (unpaired) electrons. The van der Waals surface area contributed by atoms with Crippen LogP contribution in [0.2, 0.25) is 0 Å². The van der Waals surface area contributed by atoms with E-state index in [0.717, 1.165) is 10.6 Å². The smallest absolute Gasteiger partial charge is 0.274 e. The number of carbonyl (C=O) groups is 2. The van der Waals surface area contributed by atoms with Crippen molar-refractivity contribution in [3.8, 4) is 22.9 Å². The van der Waals surface area contributed by atoms with Gasteiger partial charge in [-0.3, -0.25) is 9.59 Å². The van der Waals surface area contributed by atoms with Crippen LogP contribution in [0.15, 0.2) is 46.0 Å². The molecule has 2 aliphatic rings. The van der Waals surface area contributed by atoms with Crippen LogP contribution in [0.1, 0.15) is 24.3 Å². The number of rotatable bonds is 5. The summed E-state index contributed by atoms with van der Waals surface area (Å²) in [7, 11) is 0. The molecule has 1 N–H and O–H groups in total. The van der Waals surface area contributed by atoms with Crippen LogP contribution in [0.3, 0.4) is 0 Å². The minimum Gasteiger partial charge on any atom is -0.454 e. The second-order valence-electron chi connectivity index (χ2n) is 7.52. The van der Waals surface area contributed by atoms with Gasteiger partial charge in [0.15, 0.2) is 11.5 Å². The minimum absolute atomic E-state index is 0.0320. The van der Waals surface area contributed by atoms with Crippen molar-refractivity contribution in [1.82, 2.24) is 15.1 Å². The van der Waals surface area contributed by atoms with Gasteiger partial charge < -0.3 is 19.3 Å². The number of hydrogen-bond acceptors (Lipinski definition) is 8. The molecule has 3 aromatic rings. The van der Waals surface area contributed by atoms with Crippen molar-refractivity contribution in [2.75, 3.05) is 18.7 Å². The Balaban J connectivity index is 1.31. The first-order chi connectivity index (χ1) is 16.0. The maximum Gasteiger partial charge on any atom is 0.274 e. The van der Waals surface area contributed by atoms with E-state index in [2.05, 4.69) is 20.6 Å². The van der Waals surface area contributed by atoms with Gasteiger partial charge in [0.25, 0.3) is 5.89 Å². The highest BCUT2D eigenvalue weighted by Gasteiger charge is 2.27. The lowest BCUT2D eigenvalue weighted by Gasteiger charge is -2.21. The van der Waals surface area contributed by atoms with Crippen LogP contribution >= 0.6 is 0 Å². The number of amides is 2. The van der Waals surface area contributed by atoms with Gasteiger partial charge in [-0.2, -0.15) is 10.1 Å². The van der Waals surface area contributed by atoms with E-state index in [1.54, 1.807) is 31.2 Å². The number of aryl methyl sites for hydroxylation is 1. The molecule has 10 nitrogen and oxygen atoms in total. The molecule has 0 spiro atoms. The summed E-state index contributed by atoms with van der Waals surface area (Å²) in [6.45, 7) is 1.52. The van der Waals surface area contributed by atoms with Crippen LogP contribution in [0.4, 0.5) is 10.1 Å². The Kier molecular flexibility index (Phi) is 5.21. The number of nitrogens with one attached hydrogen (secondary N) is 1. The lowest BCUT2D eigenvalue weighted by atomic mass is 10.1. The molecule has 168 valence electrons. The zero-order valence-corrected chi connectivity index (χ0v) is 17.5. The van der Waals surface area contributed by atoms with E-state index in [4.69, 9.17) is 14.0 Å². The maximum atomic E-state index is 14.0. The van der Waals surface area contributed by atoms with E-state index in [1.165, 1.54) is 12.1 Å². The number of hydrazone groups is 1. The second-order valence-corrected chi connectivity index (χ2v) is 7.52. The monoisotopic (exact) mass is 451 g/mol. The quantitative estimate of drug-likeness (QED) is 0.633. The van der Waals surface area contributed by atoms with Crippen LogP contribution < -0.4 is 14.8 Å². The van der Waals surface area contributed by atoms with Gasteiger partial charge >= 0.3 is 0 Å². The Morgan fingerprint density at radius 2 is 2.00 bits per heavy atom. The Labute approximate surface area is 187 Å². The van der Waals surface area contributed by atoms with Gasteiger partial charge in [0.2, 0.25) is 24.4 Å². The highest BCUT2D eigenvalue weighted by molar-refractivity contribution is 6.02. The van der Waals surface area contributed by atoms with E-state index >= 15 is 0 Å². The van der Waals surface area contributed by atoms with Crippen LogP contribution in [-0.4, -0.2) is 46.0 Å². The van der Waals surface area contributed by atoms with Crippen molar-refractivity contribution in [2.24, 2.45) is 5.10 Å².